The predicted molar refractivity (Wildman–Crippen MR) is 144 cm³/mol. The third-order valence-corrected chi connectivity index (χ3v) is 10.3. The molecule has 41 heavy (non-hydrogen) atoms. The molecule has 0 aliphatic carbocycles. The van der Waals surface area contributed by atoms with Crippen molar-refractivity contribution in [1.82, 2.24) is 9.47 Å². The third kappa shape index (κ3) is 4.78. The molecule has 0 saturated carbocycles. The van der Waals surface area contributed by atoms with E-state index in [2.05, 4.69) is 0 Å². The van der Waals surface area contributed by atoms with Crippen molar-refractivity contribution < 1.29 is 31.9 Å². The molecule has 2 fully saturated rings. The van der Waals surface area contributed by atoms with Gasteiger partial charge in [0, 0.05) is 23.9 Å². The van der Waals surface area contributed by atoms with Crippen LogP contribution in [0.1, 0.15) is 41.2 Å². The minimum Gasteiger partial charge on any atom is -0.341 e. The lowest BCUT2D eigenvalue weighted by atomic mass is 9.83. The van der Waals surface area contributed by atoms with Crippen LogP contribution in [0.4, 0.5) is 23.2 Å². The topological polar surface area (TPSA) is 79.7 Å². The maximum atomic E-state index is 13.9. The van der Waals surface area contributed by atoms with Crippen molar-refractivity contribution in [2.45, 2.75) is 48.2 Å². The van der Waals surface area contributed by atoms with Crippen molar-refractivity contribution in [3.63, 3.8) is 0 Å². The van der Waals surface area contributed by atoms with Crippen molar-refractivity contribution in [3.05, 3.63) is 80.0 Å². The van der Waals surface area contributed by atoms with Gasteiger partial charge in [0.1, 0.15) is 17.6 Å². The number of thiazole rings is 1. The Morgan fingerprint density at radius 3 is 2.29 bits per heavy atom. The highest BCUT2D eigenvalue weighted by molar-refractivity contribution is 8.00. The number of anilines is 1. The summed E-state index contributed by atoms with van der Waals surface area (Å²) in [4.78, 5) is 56.2. The van der Waals surface area contributed by atoms with E-state index in [9.17, 15) is 36.7 Å². The van der Waals surface area contributed by atoms with Crippen LogP contribution in [0.15, 0.2) is 58.4 Å². The number of fused-ring (bicyclic) bond motifs is 2. The predicted octanol–water partition coefficient (Wildman–Crippen LogP) is 4.88. The molecule has 3 aliphatic rings. The fourth-order valence-corrected chi connectivity index (χ4v) is 8.58. The maximum absolute atomic E-state index is 13.9. The average molecular weight is 606 g/mol. The summed E-state index contributed by atoms with van der Waals surface area (Å²) < 4.78 is 56.8. The van der Waals surface area contributed by atoms with Crippen molar-refractivity contribution in [3.8, 4) is 0 Å². The van der Waals surface area contributed by atoms with Crippen molar-refractivity contribution in [1.29, 1.82) is 0 Å². The zero-order valence-electron chi connectivity index (χ0n) is 21.4. The van der Waals surface area contributed by atoms with Gasteiger partial charge >= 0.3 is 11.0 Å². The number of piperidine rings is 1. The van der Waals surface area contributed by atoms with Crippen LogP contribution in [0.5, 0.6) is 0 Å². The standard InChI is InChI=1S/C28H23F4N3O4S2/c29-16-10-8-15(9-11-16)20-21-22(25(38)35(24(21)37)18-7-3-2-6-17(18)28(30,31)32)40-26-23(20)41-27(39)34(26)14-19(36)33-12-4-1-5-13-33/h2-3,6-11,20-22H,1,4-5,12-14H2/t20-,21?,22?/m1/s1. The fourth-order valence-electron chi connectivity index (χ4n) is 5.81. The molecule has 2 aromatic carbocycles. The number of carbonyl (C=O) groups excluding carboxylic acids is 3. The van der Waals surface area contributed by atoms with Gasteiger partial charge in [0.15, 0.2) is 0 Å². The molecule has 0 bridgehead atoms. The molecule has 1 aromatic heterocycles. The molecular weight excluding hydrogens is 582 g/mol. The molecule has 7 nitrogen and oxygen atoms in total. The highest BCUT2D eigenvalue weighted by Gasteiger charge is 2.57. The Morgan fingerprint density at radius 2 is 1.61 bits per heavy atom. The first kappa shape index (κ1) is 27.7. The Hall–Kier alpha value is -3.45. The second kappa shape index (κ2) is 10.4. The van der Waals surface area contributed by atoms with E-state index in [4.69, 9.17) is 0 Å². The lowest BCUT2D eigenvalue weighted by Crippen LogP contribution is -2.39. The molecule has 6 rings (SSSR count). The molecule has 0 spiro atoms. The van der Waals surface area contributed by atoms with Gasteiger partial charge in [-0.25, -0.2) is 9.29 Å². The Morgan fingerprint density at radius 1 is 0.927 bits per heavy atom. The fraction of sp³-hybridized carbons (Fsp3) is 0.357. The number of para-hydroxylation sites is 1. The van der Waals surface area contributed by atoms with Crippen LogP contribution in [-0.4, -0.2) is 45.5 Å². The van der Waals surface area contributed by atoms with Gasteiger partial charge in [-0.05, 0) is 49.1 Å². The van der Waals surface area contributed by atoms with E-state index in [0.717, 1.165) is 54.5 Å². The van der Waals surface area contributed by atoms with E-state index in [1.54, 1.807) is 4.90 Å². The zero-order chi connectivity index (χ0) is 29.1. The van der Waals surface area contributed by atoms with Crippen molar-refractivity contribution in [2.75, 3.05) is 18.0 Å². The van der Waals surface area contributed by atoms with Crippen molar-refractivity contribution >= 4 is 46.5 Å². The Balaban J connectivity index is 1.45. The average Bonchev–Trinajstić information content (AvgIpc) is 3.39. The number of thioether (sulfide) groups is 1. The number of amides is 3. The molecule has 0 N–H and O–H groups in total. The normalized spacial score (nSPS) is 22.6. The number of aromatic nitrogens is 1. The van der Waals surface area contributed by atoms with Crippen LogP contribution in [0.2, 0.25) is 0 Å². The van der Waals surface area contributed by atoms with Crippen LogP contribution in [0.25, 0.3) is 0 Å². The molecule has 0 radical (unpaired) electrons. The summed E-state index contributed by atoms with van der Waals surface area (Å²) in [6.07, 6.45) is -2.08. The molecule has 2 saturated heterocycles. The number of alkyl halides is 3. The largest absolute Gasteiger partial charge is 0.418 e. The van der Waals surface area contributed by atoms with Crippen LogP contribution in [0.3, 0.4) is 0 Å². The summed E-state index contributed by atoms with van der Waals surface area (Å²) in [7, 11) is 0. The molecule has 3 aliphatic heterocycles. The van der Waals surface area contributed by atoms with Crippen molar-refractivity contribution in [2.24, 2.45) is 5.92 Å². The number of benzene rings is 2. The first-order valence-electron chi connectivity index (χ1n) is 13.0. The second-order valence-electron chi connectivity index (χ2n) is 10.2. The van der Waals surface area contributed by atoms with E-state index in [-0.39, 0.29) is 12.5 Å². The van der Waals surface area contributed by atoms with E-state index in [0.29, 0.717) is 33.5 Å². The van der Waals surface area contributed by atoms with Crippen LogP contribution < -0.4 is 9.77 Å². The summed E-state index contributed by atoms with van der Waals surface area (Å²) >= 11 is 1.75. The van der Waals surface area contributed by atoms with Gasteiger partial charge in [-0.1, -0.05) is 47.4 Å². The molecule has 4 heterocycles. The molecule has 214 valence electrons. The molecule has 3 aromatic rings. The summed E-state index contributed by atoms with van der Waals surface area (Å²) in [5, 5.41) is -0.829. The van der Waals surface area contributed by atoms with Gasteiger partial charge in [0.05, 0.1) is 22.2 Å². The monoisotopic (exact) mass is 605 g/mol. The maximum Gasteiger partial charge on any atom is 0.418 e. The molecule has 3 atom stereocenters. The van der Waals surface area contributed by atoms with Crippen LogP contribution >= 0.6 is 23.1 Å². The number of imide groups is 1. The van der Waals surface area contributed by atoms with E-state index in [1.807, 2.05) is 0 Å². The number of hydrogen-bond donors (Lipinski definition) is 0. The molecule has 3 amide bonds. The number of halogens is 4. The van der Waals surface area contributed by atoms with Gasteiger partial charge in [0.25, 0.3) is 0 Å². The van der Waals surface area contributed by atoms with Crippen LogP contribution in [0, 0.1) is 11.7 Å². The van der Waals surface area contributed by atoms with Gasteiger partial charge < -0.3 is 4.90 Å². The number of likely N-dealkylation sites (tertiary alicyclic amines) is 1. The molecular formula is C28H23F4N3O4S2. The van der Waals surface area contributed by atoms with E-state index >= 15 is 0 Å². The SMILES string of the molecule is O=C(Cn1c2c(sc1=O)[C@H](c1ccc(F)cc1)C1C(=O)N(c3ccccc3C(F)(F)F)C(=O)C1S2)N1CCCCC1. The highest BCUT2D eigenvalue weighted by Crippen LogP contribution is 2.54. The van der Waals surface area contributed by atoms with Crippen LogP contribution in [-0.2, 0) is 27.1 Å². The Bertz CT molecular complexity index is 1590. The van der Waals surface area contributed by atoms with Gasteiger partial charge in [0.2, 0.25) is 17.7 Å². The number of nitrogens with zero attached hydrogens (tertiary/aromatic N) is 3. The van der Waals surface area contributed by atoms with Gasteiger partial charge in [-0.3, -0.25) is 23.7 Å². The highest BCUT2D eigenvalue weighted by atomic mass is 32.2. The summed E-state index contributed by atoms with van der Waals surface area (Å²) in [6, 6.07) is 9.63. The Kier molecular flexibility index (Phi) is 7.05. The van der Waals surface area contributed by atoms with Gasteiger partial charge in [-0.2, -0.15) is 13.2 Å². The first-order valence-corrected chi connectivity index (χ1v) is 14.7. The van der Waals surface area contributed by atoms with E-state index in [1.165, 1.54) is 41.0 Å². The zero-order valence-corrected chi connectivity index (χ0v) is 23.0. The summed E-state index contributed by atoms with van der Waals surface area (Å²) in [5.74, 6) is -4.50. The first-order chi connectivity index (χ1) is 19.6. The lowest BCUT2D eigenvalue weighted by molar-refractivity contribution is -0.137. The number of carbonyl (C=O) groups is 3. The molecule has 13 heteroatoms. The summed E-state index contributed by atoms with van der Waals surface area (Å²) in [5.41, 5.74) is -1.25. The van der Waals surface area contributed by atoms with E-state index < -0.39 is 57.0 Å². The Labute approximate surface area is 239 Å². The minimum atomic E-state index is -4.82. The van der Waals surface area contributed by atoms with Gasteiger partial charge in [-0.15, -0.1) is 0 Å². The number of hydrogen-bond acceptors (Lipinski definition) is 6. The molecule has 2 unspecified atom stereocenters. The minimum absolute atomic E-state index is 0.247. The second-order valence-corrected chi connectivity index (χ2v) is 12.3. The number of rotatable bonds is 4. The smallest absolute Gasteiger partial charge is 0.341 e. The summed E-state index contributed by atoms with van der Waals surface area (Å²) in [6.45, 7) is 0.904. The third-order valence-electron chi connectivity index (χ3n) is 7.73. The quantitative estimate of drug-likeness (QED) is 0.313. The lowest BCUT2D eigenvalue weighted by Gasteiger charge is -2.31.